The number of ether oxygens (including phenoxy) is 2. The highest BCUT2D eigenvalue weighted by molar-refractivity contribution is 5.89. The monoisotopic (exact) mass is 294 g/mol. The summed E-state index contributed by atoms with van der Waals surface area (Å²) >= 11 is 0. The lowest BCUT2D eigenvalue weighted by Crippen LogP contribution is -2.43. The van der Waals surface area contributed by atoms with Crippen LogP contribution in [0.2, 0.25) is 0 Å². The quantitative estimate of drug-likeness (QED) is 0.913. The summed E-state index contributed by atoms with van der Waals surface area (Å²) in [5.41, 5.74) is 0.724. The Morgan fingerprint density at radius 2 is 2.19 bits per heavy atom. The van der Waals surface area contributed by atoms with Crippen LogP contribution in [0.15, 0.2) is 12.4 Å². The molecular weight excluding hydrogens is 272 g/mol. The third-order valence-electron chi connectivity index (χ3n) is 3.85. The summed E-state index contributed by atoms with van der Waals surface area (Å²) in [6, 6.07) is -0.0910. The van der Waals surface area contributed by atoms with Crippen molar-refractivity contribution in [3.05, 3.63) is 12.4 Å². The van der Waals surface area contributed by atoms with E-state index < -0.39 is 0 Å². The first-order valence-corrected chi connectivity index (χ1v) is 7.59. The SMILES string of the molecule is O=C(Nc1cnn(C[C@H]2CCCCO2)c1)N1CCOCC1. The number of urea groups is 1. The molecule has 0 radical (unpaired) electrons. The summed E-state index contributed by atoms with van der Waals surface area (Å²) in [5, 5.41) is 7.16. The molecule has 2 aliphatic heterocycles. The van der Waals surface area contributed by atoms with Crippen molar-refractivity contribution in [3.63, 3.8) is 0 Å². The maximum atomic E-state index is 12.1. The number of nitrogens with zero attached hydrogens (tertiary/aromatic N) is 3. The molecule has 2 amide bonds. The van der Waals surface area contributed by atoms with E-state index in [9.17, 15) is 4.79 Å². The molecule has 7 nitrogen and oxygen atoms in total. The van der Waals surface area contributed by atoms with Gasteiger partial charge in [0.05, 0.1) is 37.7 Å². The van der Waals surface area contributed by atoms with E-state index in [4.69, 9.17) is 9.47 Å². The summed E-state index contributed by atoms with van der Waals surface area (Å²) in [6.45, 7) is 4.06. The van der Waals surface area contributed by atoms with Crippen LogP contribution in [0.25, 0.3) is 0 Å². The number of carbonyl (C=O) groups excluding carboxylic acids is 1. The molecule has 1 N–H and O–H groups in total. The zero-order valence-corrected chi connectivity index (χ0v) is 12.2. The Kier molecular flexibility index (Phi) is 4.72. The molecule has 2 aliphatic rings. The minimum atomic E-state index is -0.0910. The van der Waals surface area contributed by atoms with Crippen LogP contribution in [0.3, 0.4) is 0 Å². The summed E-state index contributed by atoms with van der Waals surface area (Å²) < 4.78 is 12.8. The molecule has 116 valence electrons. The molecule has 0 aromatic carbocycles. The van der Waals surface area contributed by atoms with Crippen molar-refractivity contribution in [1.29, 1.82) is 0 Å². The van der Waals surface area contributed by atoms with Crippen LogP contribution < -0.4 is 5.32 Å². The standard InChI is InChI=1S/C14H22N4O3/c19-14(17-4-7-20-8-5-17)16-12-9-15-18(10-12)11-13-3-1-2-6-21-13/h9-10,13H,1-8,11H2,(H,16,19)/t13-/m1/s1. The Morgan fingerprint density at radius 1 is 1.33 bits per heavy atom. The fourth-order valence-corrected chi connectivity index (χ4v) is 2.66. The molecule has 0 aliphatic carbocycles. The van der Waals surface area contributed by atoms with Crippen LogP contribution in [-0.2, 0) is 16.0 Å². The molecule has 2 saturated heterocycles. The highest BCUT2D eigenvalue weighted by Gasteiger charge is 2.18. The Morgan fingerprint density at radius 3 is 2.95 bits per heavy atom. The molecule has 3 heterocycles. The van der Waals surface area contributed by atoms with Gasteiger partial charge in [0.25, 0.3) is 0 Å². The highest BCUT2D eigenvalue weighted by atomic mass is 16.5. The molecule has 0 saturated carbocycles. The molecule has 2 fully saturated rings. The van der Waals surface area contributed by atoms with Crippen molar-refractivity contribution < 1.29 is 14.3 Å². The lowest BCUT2D eigenvalue weighted by atomic mass is 10.1. The van der Waals surface area contributed by atoms with Gasteiger partial charge in [0.15, 0.2) is 0 Å². The van der Waals surface area contributed by atoms with Gasteiger partial charge in [-0.3, -0.25) is 4.68 Å². The largest absolute Gasteiger partial charge is 0.378 e. The number of amides is 2. The first-order valence-electron chi connectivity index (χ1n) is 7.59. The second-order valence-electron chi connectivity index (χ2n) is 5.47. The molecule has 1 aromatic rings. The lowest BCUT2D eigenvalue weighted by molar-refractivity contribution is 0.00400. The minimum absolute atomic E-state index is 0.0910. The van der Waals surface area contributed by atoms with Crippen LogP contribution in [0.5, 0.6) is 0 Å². The Hall–Kier alpha value is -1.60. The van der Waals surface area contributed by atoms with Gasteiger partial charge in [0.1, 0.15) is 0 Å². The number of hydrogen-bond donors (Lipinski definition) is 1. The van der Waals surface area contributed by atoms with Crippen LogP contribution in [0.4, 0.5) is 10.5 Å². The van der Waals surface area contributed by atoms with E-state index in [-0.39, 0.29) is 12.1 Å². The zero-order valence-electron chi connectivity index (χ0n) is 12.2. The van der Waals surface area contributed by atoms with Gasteiger partial charge in [-0.2, -0.15) is 5.10 Å². The third kappa shape index (κ3) is 3.95. The first kappa shape index (κ1) is 14.3. The number of hydrogen-bond acceptors (Lipinski definition) is 4. The first-order chi connectivity index (χ1) is 10.3. The number of rotatable bonds is 3. The van der Waals surface area contributed by atoms with Gasteiger partial charge in [-0.25, -0.2) is 4.79 Å². The molecule has 7 heteroatoms. The van der Waals surface area contributed by atoms with Gasteiger partial charge < -0.3 is 19.7 Å². The predicted molar refractivity (Wildman–Crippen MR) is 77.2 cm³/mol. The van der Waals surface area contributed by atoms with Gasteiger partial charge in [0, 0.05) is 25.9 Å². The van der Waals surface area contributed by atoms with Gasteiger partial charge >= 0.3 is 6.03 Å². The van der Waals surface area contributed by atoms with Gasteiger partial charge in [-0.1, -0.05) is 0 Å². The Labute approximate surface area is 124 Å². The van der Waals surface area contributed by atoms with E-state index in [0.29, 0.717) is 26.3 Å². The number of aromatic nitrogens is 2. The molecule has 0 bridgehead atoms. The van der Waals surface area contributed by atoms with Crippen LogP contribution in [-0.4, -0.2) is 59.7 Å². The molecule has 0 spiro atoms. The summed E-state index contributed by atoms with van der Waals surface area (Å²) in [5.74, 6) is 0. The van der Waals surface area contributed by atoms with Gasteiger partial charge in [-0.05, 0) is 19.3 Å². The van der Waals surface area contributed by atoms with Crippen LogP contribution in [0.1, 0.15) is 19.3 Å². The summed E-state index contributed by atoms with van der Waals surface area (Å²) in [7, 11) is 0. The van der Waals surface area contributed by atoms with Gasteiger partial charge in [-0.15, -0.1) is 0 Å². The third-order valence-corrected chi connectivity index (χ3v) is 3.85. The number of carbonyl (C=O) groups is 1. The summed E-state index contributed by atoms with van der Waals surface area (Å²) in [4.78, 5) is 13.8. The fraction of sp³-hybridized carbons (Fsp3) is 0.714. The number of morpholine rings is 1. The topological polar surface area (TPSA) is 68.6 Å². The Bertz CT molecular complexity index is 465. The molecule has 1 aromatic heterocycles. The zero-order chi connectivity index (χ0) is 14.5. The fourth-order valence-electron chi connectivity index (χ4n) is 2.66. The molecule has 3 rings (SSSR count). The normalized spacial score (nSPS) is 23.0. The molecular formula is C14H22N4O3. The number of nitrogens with one attached hydrogen (secondary N) is 1. The van der Waals surface area contributed by atoms with E-state index in [1.165, 1.54) is 6.42 Å². The average Bonchev–Trinajstić information content (AvgIpc) is 2.96. The van der Waals surface area contributed by atoms with E-state index in [1.54, 1.807) is 11.1 Å². The van der Waals surface area contributed by atoms with Crippen molar-refractivity contribution >= 4 is 11.7 Å². The van der Waals surface area contributed by atoms with Crippen LogP contribution >= 0.6 is 0 Å². The minimum Gasteiger partial charge on any atom is -0.378 e. The lowest BCUT2D eigenvalue weighted by Gasteiger charge is -2.26. The second-order valence-corrected chi connectivity index (χ2v) is 5.47. The van der Waals surface area contributed by atoms with E-state index >= 15 is 0 Å². The van der Waals surface area contributed by atoms with Crippen LogP contribution in [0, 0.1) is 0 Å². The maximum Gasteiger partial charge on any atom is 0.322 e. The predicted octanol–water partition coefficient (Wildman–Crippen LogP) is 1.32. The Balaban J connectivity index is 1.50. The van der Waals surface area contributed by atoms with Crippen molar-refractivity contribution in [1.82, 2.24) is 14.7 Å². The van der Waals surface area contributed by atoms with E-state index in [0.717, 1.165) is 31.7 Å². The molecule has 21 heavy (non-hydrogen) atoms. The molecule has 0 unspecified atom stereocenters. The van der Waals surface area contributed by atoms with E-state index in [2.05, 4.69) is 10.4 Å². The van der Waals surface area contributed by atoms with Crippen molar-refractivity contribution in [2.75, 3.05) is 38.2 Å². The van der Waals surface area contributed by atoms with Crippen molar-refractivity contribution in [2.45, 2.75) is 31.9 Å². The summed E-state index contributed by atoms with van der Waals surface area (Å²) in [6.07, 6.45) is 7.22. The van der Waals surface area contributed by atoms with Crippen molar-refractivity contribution in [3.8, 4) is 0 Å². The van der Waals surface area contributed by atoms with Gasteiger partial charge in [0.2, 0.25) is 0 Å². The number of anilines is 1. The average molecular weight is 294 g/mol. The van der Waals surface area contributed by atoms with Crippen molar-refractivity contribution in [2.24, 2.45) is 0 Å². The molecule has 1 atom stereocenters. The highest BCUT2D eigenvalue weighted by Crippen LogP contribution is 2.15. The maximum absolute atomic E-state index is 12.1. The smallest absolute Gasteiger partial charge is 0.322 e. The second kappa shape index (κ2) is 6.91. The van der Waals surface area contributed by atoms with E-state index in [1.807, 2.05) is 10.9 Å².